The summed E-state index contributed by atoms with van der Waals surface area (Å²) < 4.78 is 99.8. The van der Waals surface area contributed by atoms with Gasteiger partial charge >= 0.3 is 0 Å². The van der Waals surface area contributed by atoms with E-state index in [9.17, 15) is 0 Å². The van der Waals surface area contributed by atoms with Gasteiger partial charge in [0.1, 0.15) is 11.2 Å². The Morgan fingerprint density at radius 1 is 0.467 bits per heavy atom. The number of hydrogen-bond acceptors (Lipinski definition) is 4. The highest BCUT2D eigenvalue weighted by atomic mass is 16.3. The van der Waals surface area contributed by atoms with E-state index in [0.29, 0.717) is 27.5 Å². The number of aromatic nitrogens is 3. The van der Waals surface area contributed by atoms with Crippen LogP contribution in [0.4, 0.5) is 0 Å². The fraction of sp³-hybridized carbons (Fsp3) is 0. The van der Waals surface area contributed by atoms with Crippen LogP contribution in [0.25, 0.3) is 88.8 Å². The smallest absolute Gasteiger partial charge is 0.164 e. The minimum atomic E-state index is -0.570. The van der Waals surface area contributed by atoms with Crippen LogP contribution in [0.15, 0.2) is 156 Å². The molecule has 2 heterocycles. The molecule has 0 saturated heterocycles. The first kappa shape index (κ1) is 16.6. The van der Waals surface area contributed by atoms with E-state index in [4.69, 9.17) is 34.4 Å². The first-order chi connectivity index (χ1) is 26.8. The Balaban J connectivity index is 1.42. The summed E-state index contributed by atoms with van der Waals surface area (Å²) in [7, 11) is 0. The average Bonchev–Trinajstić information content (AvgIpc) is 3.59. The van der Waals surface area contributed by atoms with Gasteiger partial charge in [-0.05, 0) is 51.4 Å². The van der Waals surface area contributed by atoms with Crippen LogP contribution in [0.2, 0.25) is 0 Å². The Hall–Kier alpha value is -6.13. The number of benzene rings is 7. The second-order valence-electron chi connectivity index (χ2n) is 10.4. The summed E-state index contributed by atoms with van der Waals surface area (Å²) in [6.07, 6.45) is 0. The van der Waals surface area contributed by atoms with Crippen molar-refractivity contribution in [2.75, 3.05) is 0 Å². The minimum Gasteiger partial charge on any atom is -0.455 e. The molecule has 210 valence electrons. The number of para-hydroxylation sites is 1. The van der Waals surface area contributed by atoms with Gasteiger partial charge in [-0.25, -0.2) is 15.0 Å². The molecule has 0 saturated carbocycles. The van der Waals surface area contributed by atoms with Crippen LogP contribution >= 0.6 is 0 Å². The molecule has 9 rings (SSSR count). The maximum absolute atomic E-state index is 8.82. The maximum Gasteiger partial charge on any atom is 0.164 e. The predicted molar refractivity (Wildman–Crippen MR) is 184 cm³/mol. The summed E-state index contributed by atoms with van der Waals surface area (Å²) in [5.41, 5.74) is 1.29. The lowest BCUT2D eigenvalue weighted by molar-refractivity contribution is 0.670. The summed E-state index contributed by atoms with van der Waals surface area (Å²) in [5.74, 6) is -0.00333. The minimum absolute atomic E-state index is 0.0322. The van der Waals surface area contributed by atoms with Crippen molar-refractivity contribution in [2.45, 2.75) is 0 Å². The van der Waals surface area contributed by atoms with E-state index in [1.54, 1.807) is 24.3 Å². The van der Waals surface area contributed by atoms with Crippen LogP contribution in [0.5, 0.6) is 0 Å². The molecule has 0 radical (unpaired) electrons. The van der Waals surface area contributed by atoms with Crippen LogP contribution < -0.4 is 0 Å². The third-order valence-corrected chi connectivity index (χ3v) is 7.84. The molecule has 0 unspecified atom stereocenters. The highest BCUT2D eigenvalue weighted by Gasteiger charge is 2.21. The number of fused-ring (bicyclic) bond motifs is 6. The van der Waals surface area contributed by atoms with E-state index in [1.807, 2.05) is 54.6 Å². The molecule has 0 fully saturated rings. The van der Waals surface area contributed by atoms with Crippen molar-refractivity contribution in [3.63, 3.8) is 0 Å². The number of furan rings is 1. The number of nitrogens with zero attached hydrogens (tertiary/aromatic N) is 3. The molecule has 9 aromatic rings. The Morgan fingerprint density at radius 2 is 1.11 bits per heavy atom. The fourth-order valence-electron chi connectivity index (χ4n) is 5.86. The molecule has 0 atom stereocenters. The van der Waals surface area contributed by atoms with E-state index >= 15 is 0 Å². The van der Waals surface area contributed by atoms with Crippen LogP contribution in [-0.4, -0.2) is 15.0 Å². The largest absolute Gasteiger partial charge is 0.455 e. The summed E-state index contributed by atoms with van der Waals surface area (Å²) in [5, 5.41) is 4.42. The average molecular weight is 587 g/mol. The molecule has 0 bridgehead atoms. The van der Waals surface area contributed by atoms with Crippen LogP contribution in [-0.2, 0) is 0 Å². The molecule has 4 nitrogen and oxygen atoms in total. The zero-order valence-electron chi connectivity index (χ0n) is 34.3. The van der Waals surface area contributed by atoms with Gasteiger partial charge < -0.3 is 4.42 Å². The second kappa shape index (κ2) is 10.2. The lowest BCUT2D eigenvalue weighted by Gasteiger charge is -2.13. The van der Waals surface area contributed by atoms with E-state index in [2.05, 4.69) is 0 Å². The molecular formula is C41H25N3O. The monoisotopic (exact) mass is 586 g/mol. The van der Waals surface area contributed by atoms with Gasteiger partial charge in [0.2, 0.25) is 0 Å². The van der Waals surface area contributed by atoms with Crippen LogP contribution in [0, 0.1) is 0 Å². The third kappa shape index (κ3) is 4.19. The molecule has 4 heteroatoms. The molecular weight excluding hydrogens is 550 g/mol. The van der Waals surface area contributed by atoms with Gasteiger partial charge in [0.15, 0.2) is 17.5 Å². The van der Waals surface area contributed by atoms with Gasteiger partial charge in [-0.3, -0.25) is 0 Å². The van der Waals surface area contributed by atoms with Gasteiger partial charge in [-0.1, -0.05) is 127 Å². The van der Waals surface area contributed by atoms with Gasteiger partial charge in [-0.15, -0.1) is 0 Å². The molecule has 0 amide bonds. The molecule has 0 N–H and O–H groups in total. The molecule has 45 heavy (non-hydrogen) atoms. The van der Waals surface area contributed by atoms with Crippen molar-refractivity contribution in [1.29, 1.82) is 0 Å². The highest BCUT2D eigenvalue weighted by Crippen LogP contribution is 2.42. The Labute approximate surface area is 274 Å². The predicted octanol–water partition coefficient (Wildman–Crippen LogP) is 10.7. The molecule has 2 aromatic heterocycles. The standard InChI is InChI=1S/C41H25N3O/c1-3-13-26(14-4-1)30-23-24-34(37-33-21-11-12-22-36(33)45-38(30)37)40-42-39(27-15-5-2-6-16-27)43-41(44-40)35-25-28-17-7-8-18-29(28)31-19-9-10-20-32(31)35/h1-25H/i1D,2D,3D,4D,5D,6D,11D,13D,14D,15D,16D. The van der Waals surface area contributed by atoms with Gasteiger partial charge in [0.05, 0.1) is 15.1 Å². The van der Waals surface area contributed by atoms with Gasteiger partial charge in [0.25, 0.3) is 0 Å². The molecule has 0 aliphatic heterocycles. The maximum atomic E-state index is 8.82. The van der Waals surface area contributed by atoms with E-state index < -0.39 is 60.4 Å². The van der Waals surface area contributed by atoms with Crippen molar-refractivity contribution in [3.05, 3.63) is 151 Å². The van der Waals surface area contributed by atoms with Crippen LogP contribution in [0.3, 0.4) is 0 Å². The Bertz CT molecular complexity index is 3120. The number of rotatable bonds is 4. The van der Waals surface area contributed by atoms with Crippen LogP contribution in [0.1, 0.15) is 15.1 Å². The quantitative estimate of drug-likeness (QED) is 0.193. The lowest BCUT2D eigenvalue weighted by atomic mass is 9.96. The summed E-state index contributed by atoms with van der Waals surface area (Å²) >= 11 is 0. The zero-order chi connectivity index (χ0) is 39.3. The Kier molecular flexibility index (Phi) is 3.79. The Morgan fingerprint density at radius 3 is 1.91 bits per heavy atom. The fourth-order valence-corrected chi connectivity index (χ4v) is 5.86. The van der Waals surface area contributed by atoms with Crippen molar-refractivity contribution in [3.8, 4) is 45.3 Å². The van der Waals surface area contributed by atoms with Gasteiger partial charge in [-0.2, -0.15) is 0 Å². The summed E-state index contributed by atoms with van der Waals surface area (Å²) in [4.78, 5) is 14.6. The van der Waals surface area contributed by atoms with E-state index in [-0.39, 0.29) is 45.8 Å². The first-order valence-corrected chi connectivity index (χ1v) is 14.1. The van der Waals surface area contributed by atoms with E-state index in [1.165, 1.54) is 6.07 Å². The summed E-state index contributed by atoms with van der Waals surface area (Å²) in [6, 6.07) is 20.4. The highest BCUT2D eigenvalue weighted by molar-refractivity contribution is 6.16. The SMILES string of the molecule is [2H]c1ccc2oc3c(-c4c([2H])c([2H])c([2H])c([2H])c4[2H])ccc(-c4nc(-c5c([2H])c([2H])c([2H])c([2H])c5[2H])nc(-c5cc6ccccc6c6ccccc56)n4)c3c2c1. The van der Waals surface area contributed by atoms with Gasteiger partial charge in [0, 0.05) is 33.0 Å². The van der Waals surface area contributed by atoms with Crippen molar-refractivity contribution in [2.24, 2.45) is 0 Å². The van der Waals surface area contributed by atoms with Crippen molar-refractivity contribution >= 4 is 43.5 Å². The zero-order valence-corrected chi connectivity index (χ0v) is 23.3. The van der Waals surface area contributed by atoms with E-state index in [0.717, 1.165) is 21.5 Å². The lowest BCUT2D eigenvalue weighted by Crippen LogP contribution is -2.01. The molecule has 0 aliphatic carbocycles. The molecule has 7 aromatic carbocycles. The topological polar surface area (TPSA) is 51.8 Å². The molecule has 0 spiro atoms. The van der Waals surface area contributed by atoms with Crippen molar-refractivity contribution in [1.82, 2.24) is 15.0 Å². The molecule has 0 aliphatic rings. The normalized spacial score (nSPS) is 15.0. The van der Waals surface area contributed by atoms with Crippen molar-refractivity contribution < 1.29 is 19.5 Å². The third-order valence-electron chi connectivity index (χ3n) is 7.84. The number of hydrogen-bond donors (Lipinski definition) is 0. The first-order valence-electron chi connectivity index (χ1n) is 19.6. The summed E-state index contributed by atoms with van der Waals surface area (Å²) in [6.45, 7) is 0. The second-order valence-corrected chi connectivity index (χ2v) is 10.4.